The summed E-state index contributed by atoms with van der Waals surface area (Å²) in [7, 11) is 0. The second kappa shape index (κ2) is 13.3. The van der Waals surface area contributed by atoms with Crippen LogP contribution in [0.5, 0.6) is 11.5 Å². The van der Waals surface area contributed by atoms with E-state index in [0.29, 0.717) is 0 Å². The monoisotopic (exact) mass is 816 g/mol. The van der Waals surface area contributed by atoms with E-state index in [2.05, 4.69) is 245 Å². The fourth-order valence-electron chi connectivity index (χ4n) is 11.3. The Bertz CT molecular complexity index is 3740. The molecule has 298 valence electrons. The zero-order valence-corrected chi connectivity index (χ0v) is 34.7. The molecule has 0 bridgehead atoms. The van der Waals surface area contributed by atoms with Gasteiger partial charge in [0.05, 0.1) is 22.0 Å². The maximum absolute atomic E-state index is 6.68. The SMILES string of the molecule is c1ccc(-c2ccc3c4ccc(-c5ccccc5)cc4n(-[n+]4cccc5c4c4ccccc4n5-c4cccc5c4-c4ccccc4C54c5ccccc5Oc5ccccc54)c3c2)cc1. The van der Waals surface area contributed by atoms with Crippen molar-refractivity contribution in [3.05, 3.63) is 253 Å². The molecule has 3 aromatic heterocycles. The summed E-state index contributed by atoms with van der Waals surface area (Å²) in [6.07, 6.45) is 2.23. The molecule has 9 aromatic carbocycles. The average Bonchev–Trinajstić information content (AvgIpc) is 3.99. The van der Waals surface area contributed by atoms with Gasteiger partial charge >= 0.3 is 0 Å². The second-order valence-corrected chi connectivity index (χ2v) is 17.0. The number of ether oxygens (including phenoxy) is 1. The van der Waals surface area contributed by atoms with Gasteiger partial charge in [0.1, 0.15) is 28.0 Å². The van der Waals surface area contributed by atoms with Gasteiger partial charge < -0.3 is 9.30 Å². The van der Waals surface area contributed by atoms with E-state index in [9.17, 15) is 0 Å². The number of fused-ring (bicyclic) bond motifs is 15. The predicted molar refractivity (Wildman–Crippen MR) is 259 cm³/mol. The van der Waals surface area contributed by atoms with E-state index in [0.717, 1.165) is 55.9 Å². The standard InChI is InChI=1S/C60H38N3O/c1-3-17-39(18-4-1)41-32-34-43-44-35-33-42(40-19-5-2-6-20-40)38-55(44)63(54(43)37-41)61-36-16-29-53-59(61)46-22-8-12-27-51(46)62(53)52-28-15-26-50-58(52)45-21-7-9-23-47(45)60(50)48-24-10-13-30-56(48)64-57-31-14-11-25-49(57)60/h1-38H/q+1. The van der Waals surface area contributed by atoms with Gasteiger partial charge in [-0.2, -0.15) is 0 Å². The van der Waals surface area contributed by atoms with E-state index < -0.39 is 5.41 Å². The summed E-state index contributed by atoms with van der Waals surface area (Å²) in [6.45, 7) is 0. The molecular weight excluding hydrogens is 779 g/mol. The second-order valence-electron chi connectivity index (χ2n) is 17.0. The van der Waals surface area contributed by atoms with Crippen molar-refractivity contribution in [2.45, 2.75) is 5.41 Å². The summed E-state index contributed by atoms with van der Waals surface area (Å²) in [6, 6.07) is 81.8. The Labute approximate surface area is 369 Å². The molecular formula is C60H38N3O+. The number of para-hydroxylation sites is 3. The normalized spacial score (nSPS) is 13.2. The van der Waals surface area contributed by atoms with Crippen molar-refractivity contribution in [1.29, 1.82) is 0 Å². The summed E-state index contributed by atoms with van der Waals surface area (Å²) in [5.74, 6) is 1.79. The van der Waals surface area contributed by atoms with Gasteiger partial charge in [-0.15, -0.1) is 4.68 Å². The van der Waals surface area contributed by atoms with Crippen LogP contribution >= 0.6 is 0 Å². The number of nitrogens with zero attached hydrogens (tertiary/aromatic N) is 3. The van der Waals surface area contributed by atoms with Crippen molar-refractivity contribution in [3.8, 4) is 50.6 Å². The number of hydrogen-bond donors (Lipinski definition) is 0. The van der Waals surface area contributed by atoms with Crippen LogP contribution in [0.25, 0.3) is 82.8 Å². The molecule has 12 aromatic rings. The molecule has 4 heterocycles. The highest BCUT2D eigenvalue weighted by Gasteiger charge is 2.51. The molecule has 0 atom stereocenters. The highest BCUT2D eigenvalue weighted by molar-refractivity contribution is 6.11. The lowest BCUT2D eigenvalue weighted by molar-refractivity contribution is -0.694. The molecule has 0 radical (unpaired) electrons. The quantitative estimate of drug-likeness (QED) is 0.162. The number of aromatic nitrogens is 3. The van der Waals surface area contributed by atoms with Crippen LogP contribution in [-0.2, 0) is 5.41 Å². The maximum Gasteiger partial charge on any atom is 0.269 e. The molecule has 4 heteroatoms. The van der Waals surface area contributed by atoms with Gasteiger partial charge in [-0.25, -0.2) is 0 Å². The molecule has 0 N–H and O–H groups in total. The first-order valence-corrected chi connectivity index (χ1v) is 22.0. The highest BCUT2D eigenvalue weighted by Crippen LogP contribution is 2.63. The van der Waals surface area contributed by atoms with Crippen LogP contribution in [0.4, 0.5) is 0 Å². The fraction of sp³-hybridized carbons (Fsp3) is 0.0167. The third-order valence-corrected chi connectivity index (χ3v) is 13.9. The molecule has 4 nitrogen and oxygen atoms in total. The summed E-state index contributed by atoms with van der Waals surface area (Å²) in [4.78, 5) is 0. The molecule has 1 aliphatic heterocycles. The average molecular weight is 817 g/mol. The van der Waals surface area contributed by atoms with Gasteiger partial charge in [-0.1, -0.05) is 175 Å². The first-order valence-electron chi connectivity index (χ1n) is 22.0. The zero-order chi connectivity index (χ0) is 41.9. The van der Waals surface area contributed by atoms with Crippen molar-refractivity contribution >= 4 is 43.7 Å². The molecule has 64 heavy (non-hydrogen) atoms. The largest absolute Gasteiger partial charge is 0.457 e. The minimum Gasteiger partial charge on any atom is -0.457 e. The molecule has 0 amide bonds. The Hall–Kier alpha value is -8.47. The molecule has 0 unspecified atom stereocenters. The molecule has 1 spiro atoms. The molecule has 0 saturated carbocycles. The van der Waals surface area contributed by atoms with Gasteiger partial charge in [0.2, 0.25) is 6.20 Å². The topological polar surface area (TPSA) is 23.0 Å². The van der Waals surface area contributed by atoms with Crippen molar-refractivity contribution in [1.82, 2.24) is 9.24 Å². The minimum absolute atomic E-state index is 0.568. The van der Waals surface area contributed by atoms with Crippen LogP contribution in [0, 0.1) is 0 Å². The Morgan fingerprint density at radius 2 is 0.922 bits per heavy atom. The molecule has 0 saturated heterocycles. The van der Waals surface area contributed by atoms with Gasteiger partial charge in [-0.3, -0.25) is 0 Å². The lowest BCUT2D eigenvalue weighted by Gasteiger charge is -2.39. The van der Waals surface area contributed by atoms with Gasteiger partial charge in [0.25, 0.3) is 5.52 Å². The predicted octanol–water partition coefficient (Wildman–Crippen LogP) is 14.3. The van der Waals surface area contributed by atoms with Crippen LogP contribution in [-0.4, -0.2) is 9.24 Å². The van der Waals surface area contributed by atoms with Crippen LogP contribution in [0.3, 0.4) is 0 Å². The number of benzene rings is 9. The zero-order valence-electron chi connectivity index (χ0n) is 34.7. The van der Waals surface area contributed by atoms with E-state index in [4.69, 9.17) is 4.74 Å². The smallest absolute Gasteiger partial charge is 0.269 e. The van der Waals surface area contributed by atoms with Crippen molar-refractivity contribution in [2.75, 3.05) is 0 Å². The number of rotatable bonds is 4. The van der Waals surface area contributed by atoms with E-state index in [1.54, 1.807) is 0 Å². The van der Waals surface area contributed by atoms with Gasteiger partial charge in [-0.05, 0) is 87.5 Å². The minimum atomic E-state index is -0.568. The molecule has 14 rings (SSSR count). The van der Waals surface area contributed by atoms with Crippen LogP contribution < -0.4 is 9.41 Å². The molecule has 0 fully saturated rings. The number of hydrogen-bond acceptors (Lipinski definition) is 1. The lowest BCUT2D eigenvalue weighted by atomic mass is 9.66. The van der Waals surface area contributed by atoms with E-state index >= 15 is 0 Å². The van der Waals surface area contributed by atoms with Crippen molar-refractivity contribution in [2.24, 2.45) is 0 Å². The third-order valence-electron chi connectivity index (χ3n) is 13.9. The Balaban J connectivity index is 1.09. The first kappa shape index (κ1) is 35.2. The molecule has 2 aliphatic rings. The van der Waals surface area contributed by atoms with Crippen LogP contribution in [0.1, 0.15) is 22.3 Å². The lowest BCUT2D eigenvalue weighted by Crippen LogP contribution is -2.41. The van der Waals surface area contributed by atoms with Crippen LogP contribution in [0.15, 0.2) is 231 Å². The summed E-state index contributed by atoms with van der Waals surface area (Å²) in [5, 5.41) is 3.59. The first-order chi connectivity index (χ1) is 31.8. The van der Waals surface area contributed by atoms with E-state index in [-0.39, 0.29) is 0 Å². The van der Waals surface area contributed by atoms with Gasteiger partial charge in [0.15, 0.2) is 0 Å². The Morgan fingerprint density at radius 1 is 0.375 bits per heavy atom. The van der Waals surface area contributed by atoms with Crippen molar-refractivity contribution < 1.29 is 9.41 Å². The van der Waals surface area contributed by atoms with Crippen LogP contribution in [0.2, 0.25) is 0 Å². The van der Waals surface area contributed by atoms with Gasteiger partial charge in [0, 0.05) is 33.5 Å². The summed E-state index contributed by atoms with van der Waals surface area (Å²) >= 11 is 0. The number of pyridine rings is 1. The third kappa shape index (κ3) is 4.69. The van der Waals surface area contributed by atoms with E-state index in [1.165, 1.54) is 60.7 Å². The van der Waals surface area contributed by atoms with Crippen molar-refractivity contribution in [3.63, 3.8) is 0 Å². The molecule has 1 aliphatic carbocycles. The Kier molecular flexibility index (Phi) is 7.29. The summed E-state index contributed by atoms with van der Waals surface area (Å²) < 4.78 is 14.0. The summed E-state index contributed by atoms with van der Waals surface area (Å²) in [5.41, 5.74) is 18.3. The maximum atomic E-state index is 6.68. The Morgan fingerprint density at radius 3 is 1.59 bits per heavy atom. The fourth-order valence-corrected chi connectivity index (χ4v) is 11.3. The highest BCUT2D eigenvalue weighted by atomic mass is 16.5. The van der Waals surface area contributed by atoms with E-state index in [1.807, 2.05) is 0 Å².